The first-order chi connectivity index (χ1) is 9.23. The Balaban J connectivity index is 2.72. The zero-order valence-electron chi connectivity index (χ0n) is 10.2. The van der Waals surface area contributed by atoms with Crippen LogP contribution >= 0.6 is 7.60 Å². The molecule has 5 N–H and O–H groups in total. The van der Waals surface area contributed by atoms with Crippen molar-refractivity contribution in [2.45, 2.75) is 12.5 Å². The van der Waals surface area contributed by atoms with Crippen molar-refractivity contribution in [3.63, 3.8) is 0 Å². The Morgan fingerprint density at radius 3 is 2.70 bits per heavy atom. The Morgan fingerprint density at radius 1 is 1.55 bits per heavy atom. The number of anilines is 1. The van der Waals surface area contributed by atoms with Gasteiger partial charge in [0.2, 0.25) is 5.91 Å². The first-order valence-corrected chi connectivity index (χ1v) is 7.18. The number of carbonyl (C=O) groups is 1. The van der Waals surface area contributed by atoms with Gasteiger partial charge in [-0.15, -0.1) is 0 Å². The van der Waals surface area contributed by atoms with Crippen LogP contribution < -0.4 is 11.4 Å². The van der Waals surface area contributed by atoms with E-state index in [0.29, 0.717) is 4.57 Å². The molecule has 0 aliphatic heterocycles. The van der Waals surface area contributed by atoms with Crippen molar-refractivity contribution in [3.05, 3.63) is 22.7 Å². The molecule has 1 heterocycles. The minimum absolute atomic E-state index is 0.0458. The van der Waals surface area contributed by atoms with E-state index in [1.807, 2.05) is 0 Å². The monoisotopic (exact) mass is 307 g/mol. The molecule has 20 heavy (non-hydrogen) atoms. The van der Waals surface area contributed by atoms with Gasteiger partial charge in [-0.3, -0.25) is 9.36 Å². The van der Waals surface area contributed by atoms with Gasteiger partial charge in [0.25, 0.3) is 0 Å². The Bertz CT molecular complexity index is 581. The third-order valence-electron chi connectivity index (χ3n) is 2.18. The van der Waals surface area contributed by atoms with Crippen molar-refractivity contribution in [1.29, 1.82) is 0 Å². The van der Waals surface area contributed by atoms with E-state index in [9.17, 15) is 14.2 Å². The lowest BCUT2D eigenvalue weighted by Gasteiger charge is -2.15. The van der Waals surface area contributed by atoms with Crippen LogP contribution in [0.5, 0.6) is 0 Å². The van der Waals surface area contributed by atoms with E-state index in [-0.39, 0.29) is 5.82 Å². The fourth-order valence-corrected chi connectivity index (χ4v) is 1.68. The summed E-state index contributed by atoms with van der Waals surface area (Å²) >= 11 is 0. The first-order valence-electron chi connectivity index (χ1n) is 5.38. The highest BCUT2D eigenvalue weighted by Crippen LogP contribution is 2.34. The van der Waals surface area contributed by atoms with Crippen LogP contribution in [0.3, 0.4) is 0 Å². The largest absolute Gasteiger partial charge is 0.394 e. The SMILES string of the molecule is Nc1ccn(C(=O)C[C@H](CO)OCP(=O)(O)O)c(=O)n1. The van der Waals surface area contributed by atoms with E-state index in [1.54, 1.807) is 0 Å². The highest BCUT2D eigenvalue weighted by molar-refractivity contribution is 7.51. The predicted octanol–water partition coefficient (Wildman–Crippen LogP) is -1.63. The molecule has 1 rings (SSSR count). The van der Waals surface area contributed by atoms with Crippen molar-refractivity contribution >= 4 is 19.3 Å². The lowest BCUT2D eigenvalue weighted by Crippen LogP contribution is -2.32. The summed E-state index contributed by atoms with van der Waals surface area (Å²) in [5.41, 5.74) is 4.38. The Morgan fingerprint density at radius 2 is 2.20 bits per heavy atom. The molecular weight excluding hydrogens is 293 g/mol. The second kappa shape index (κ2) is 6.73. The molecule has 0 fully saturated rings. The molecule has 0 aliphatic rings. The van der Waals surface area contributed by atoms with Gasteiger partial charge < -0.3 is 25.4 Å². The molecule has 1 atom stereocenters. The predicted molar refractivity (Wildman–Crippen MR) is 67.0 cm³/mol. The van der Waals surface area contributed by atoms with Crippen molar-refractivity contribution < 1.29 is 29.0 Å². The van der Waals surface area contributed by atoms with Gasteiger partial charge in [-0.25, -0.2) is 9.36 Å². The molecule has 0 unspecified atom stereocenters. The molecule has 0 aromatic carbocycles. The van der Waals surface area contributed by atoms with Crippen LogP contribution in [0.4, 0.5) is 5.82 Å². The standard InChI is InChI=1S/C9H14N3O7P/c10-7-1-2-12(9(15)11-7)8(14)3-6(4-13)19-5-20(16,17)18/h1-2,6,13H,3-5H2,(H2,10,11,15)(H2,16,17,18)/t6-/m1/s1. The van der Waals surface area contributed by atoms with Crippen molar-refractivity contribution in [2.75, 3.05) is 18.7 Å². The Labute approximate surface area is 113 Å². The zero-order valence-corrected chi connectivity index (χ0v) is 11.1. The number of nitrogen functional groups attached to an aromatic ring is 1. The topological polar surface area (TPSA) is 165 Å². The molecule has 1 aromatic rings. The molecule has 0 amide bonds. The number of rotatable bonds is 6. The van der Waals surface area contributed by atoms with E-state index in [0.717, 1.165) is 6.20 Å². The number of hydrogen-bond acceptors (Lipinski definition) is 7. The molecule has 11 heteroatoms. The number of aromatic nitrogens is 2. The molecule has 0 saturated carbocycles. The van der Waals surface area contributed by atoms with Crippen LogP contribution in [-0.2, 0) is 9.30 Å². The van der Waals surface area contributed by atoms with Crippen LogP contribution in [0.25, 0.3) is 0 Å². The maximum absolute atomic E-state index is 11.8. The second-order valence-electron chi connectivity index (χ2n) is 3.87. The summed E-state index contributed by atoms with van der Waals surface area (Å²) in [4.78, 5) is 43.8. The molecule has 0 radical (unpaired) electrons. The van der Waals surface area contributed by atoms with Gasteiger partial charge in [0.15, 0.2) is 0 Å². The van der Waals surface area contributed by atoms with Gasteiger partial charge in [0.1, 0.15) is 12.2 Å². The van der Waals surface area contributed by atoms with Gasteiger partial charge in [-0.1, -0.05) is 0 Å². The highest BCUT2D eigenvalue weighted by Gasteiger charge is 2.21. The average molecular weight is 307 g/mol. The van der Waals surface area contributed by atoms with Gasteiger partial charge in [0.05, 0.1) is 19.1 Å². The molecule has 0 bridgehead atoms. The normalized spacial score (nSPS) is 13.2. The molecule has 1 aromatic heterocycles. The van der Waals surface area contributed by atoms with Crippen LogP contribution in [0, 0.1) is 0 Å². The minimum Gasteiger partial charge on any atom is -0.394 e. The molecular formula is C9H14N3O7P. The number of ether oxygens (including phenoxy) is 1. The summed E-state index contributed by atoms with van der Waals surface area (Å²) in [5, 5.41) is 8.98. The lowest BCUT2D eigenvalue weighted by molar-refractivity contribution is 0.0224. The van der Waals surface area contributed by atoms with Crippen molar-refractivity contribution in [1.82, 2.24) is 9.55 Å². The smallest absolute Gasteiger partial charge is 0.356 e. The summed E-state index contributed by atoms with van der Waals surface area (Å²) in [6.07, 6.45) is -1.40. The number of aliphatic hydroxyl groups is 1. The summed E-state index contributed by atoms with van der Waals surface area (Å²) in [7, 11) is -4.41. The van der Waals surface area contributed by atoms with Crippen LogP contribution in [-0.4, -0.2) is 49.4 Å². The van der Waals surface area contributed by atoms with Gasteiger partial charge in [-0.05, 0) is 6.07 Å². The number of nitrogens with two attached hydrogens (primary N) is 1. The van der Waals surface area contributed by atoms with Gasteiger partial charge in [-0.2, -0.15) is 4.98 Å². The van der Waals surface area contributed by atoms with Crippen LogP contribution in [0.15, 0.2) is 17.1 Å². The number of carbonyl (C=O) groups excluding carboxylic acids is 1. The molecule has 0 aliphatic carbocycles. The number of hydrogen-bond donors (Lipinski definition) is 4. The molecule has 0 spiro atoms. The number of nitrogens with zero attached hydrogens (tertiary/aromatic N) is 2. The zero-order chi connectivity index (χ0) is 15.3. The summed E-state index contributed by atoms with van der Waals surface area (Å²) in [6, 6.07) is 1.24. The average Bonchev–Trinajstić information content (AvgIpc) is 2.33. The summed E-state index contributed by atoms with van der Waals surface area (Å²) < 4.78 is 16.0. The van der Waals surface area contributed by atoms with E-state index in [2.05, 4.69) is 4.98 Å². The fraction of sp³-hybridized carbons (Fsp3) is 0.444. The Hall–Kier alpha value is -1.58. The lowest BCUT2D eigenvalue weighted by atomic mass is 10.2. The fourth-order valence-electron chi connectivity index (χ4n) is 1.28. The second-order valence-corrected chi connectivity index (χ2v) is 5.46. The van der Waals surface area contributed by atoms with Gasteiger partial charge in [0, 0.05) is 6.20 Å². The number of aliphatic hydroxyl groups excluding tert-OH is 1. The summed E-state index contributed by atoms with van der Waals surface area (Å²) in [5.74, 6) is -0.789. The van der Waals surface area contributed by atoms with Crippen LogP contribution in [0.2, 0.25) is 0 Å². The maximum Gasteiger partial charge on any atom is 0.356 e. The maximum atomic E-state index is 11.8. The van der Waals surface area contributed by atoms with E-state index in [1.165, 1.54) is 6.07 Å². The van der Waals surface area contributed by atoms with E-state index in [4.69, 9.17) is 25.4 Å². The van der Waals surface area contributed by atoms with Crippen molar-refractivity contribution in [3.8, 4) is 0 Å². The quantitative estimate of drug-likeness (QED) is 0.451. The summed E-state index contributed by atoms with van der Waals surface area (Å²) in [6.45, 7) is -0.636. The van der Waals surface area contributed by atoms with Gasteiger partial charge >= 0.3 is 13.3 Å². The molecule has 112 valence electrons. The van der Waals surface area contributed by atoms with Crippen molar-refractivity contribution in [2.24, 2.45) is 0 Å². The van der Waals surface area contributed by atoms with Crippen LogP contribution in [0.1, 0.15) is 11.2 Å². The van der Waals surface area contributed by atoms with E-state index < -0.39 is 44.7 Å². The molecule has 10 nitrogen and oxygen atoms in total. The first kappa shape index (κ1) is 16.5. The third-order valence-corrected chi connectivity index (χ3v) is 2.66. The Kier molecular flexibility index (Phi) is 5.54. The minimum atomic E-state index is -4.41. The highest BCUT2D eigenvalue weighted by atomic mass is 31.2. The van der Waals surface area contributed by atoms with E-state index >= 15 is 0 Å². The molecule has 0 saturated heterocycles. The third kappa shape index (κ3) is 5.19.